The Morgan fingerprint density at radius 2 is 1.89 bits per heavy atom. The maximum absolute atomic E-state index is 12.4. The molecular weight excluding hydrogens is 251 g/mol. The van der Waals surface area contributed by atoms with E-state index in [-0.39, 0.29) is 5.56 Å². The average molecular weight is 261 g/mol. The third-order valence-corrected chi connectivity index (χ3v) is 2.31. The first kappa shape index (κ1) is 14.1. The minimum atomic E-state index is -4.68. The number of carbonyl (C=O) groups excluding carboxylic acids is 1. The predicted octanol–water partition coefficient (Wildman–Crippen LogP) is 3.45. The topological polar surface area (TPSA) is 60.2 Å². The first-order chi connectivity index (χ1) is 8.14. The molecule has 0 saturated heterocycles. The normalized spacial score (nSPS) is 11.7. The van der Waals surface area contributed by atoms with Crippen molar-refractivity contribution in [3.8, 4) is 0 Å². The van der Waals surface area contributed by atoms with Gasteiger partial charge in [-0.3, -0.25) is 14.9 Å². The van der Waals surface area contributed by atoms with Crippen LogP contribution in [0.1, 0.15) is 29.8 Å². The monoisotopic (exact) mass is 261 g/mol. The highest BCUT2D eigenvalue weighted by molar-refractivity contribution is 6.01. The Morgan fingerprint density at radius 3 is 2.28 bits per heavy atom. The summed E-state index contributed by atoms with van der Waals surface area (Å²) in [6.07, 6.45) is -4.68. The van der Waals surface area contributed by atoms with E-state index in [2.05, 4.69) is 0 Å². The van der Waals surface area contributed by atoms with Gasteiger partial charge in [0, 0.05) is 12.0 Å². The Hall–Kier alpha value is -1.92. The molecular formula is C11H10F3NO3. The van der Waals surface area contributed by atoms with Crippen LogP contribution in [-0.4, -0.2) is 10.7 Å². The van der Waals surface area contributed by atoms with Crippen molar-refractivity contribution in [1.82, 2.24) is 0 Å². The second kappa shape index (κ2) is 4.75. The standard InChI is InChI=1S/C11H10F3NO3/c1-6(2)10(16)8-4-3-7(11(12,13)14)5-9(8)15(17)18/h3-6H,1-2H3. The van der Waals surface area contributed by atoms with Gasteiger partial charge in [-0.25, -0.2) is 0 Å². The lowest BCUT2D eigenvalue weighted by Crippen LogP contribution is -2.12. The molecule has 0 fully saturated rings. The molecule has 1 rings (SSSR count). The van der Waals surface area contributed by atoms with Gasteiger partial charge >= 0.3 is 6.18 Å². The van der Waals surface area contributed by atoms with Crippen LogP contribution in [0, 0.1) is 16.0 Å². The van der Waals surface area contributed by atoms with Crippen LogP contribution in [0.25, 0.3) is 0 Å². The number of rotatable bonds is 3. The van der Waals surface area contributed by atoms with Crippen molar-refractivity contribution >= 4 is 11.5 Å². The largest absolute Gasteiger partial charge is 0.416 e. The summed E-state index contributed by atoms with van der Waals surface area (Å²) in [5.41, 5.74) is -2.26. The number of nitro benzene ring substituents is 1. The lowest BCUT2D eigenvalue weighted by atomic mass is 9.98. The van der Waals surface area contributed by atoms with Crippen LogP contribution in [0.2, 0.25) is 0 Å². The zero-order chi connectivity index (χ0) is 14.1. The fourth-order valence-electron chi connectivity index (χ4n) is 1.38. The van der Waals surface area contributed by atoms with Crippen LogP contribution < -0.4 is 0 Å². The second-order valence-electron chi connectivity index (χ2n) is 4.01. The first-order valence-electron chi connectivity index (χ1n) is 5.04. The second-order valence-corrected chi connectivity index (χ2v) is 4.01. The third kappa shape index (κ3) is 2.85. The van der Waals surface area contributed by atoms with E-state index >= 15 is 0 Å². The Kier molecular flexibility index (Phi) is 3.73. The molecule has 0 heterocycles. The smallest absolute Gasteiger partial charge is 0.294 e. The number of Topliss-reactive ketones (excluding diaryl/α,β-unsaturated/α-hetero) is 1. The highest BCUT2D eigenvalue weighted by Gasteiger charge is 2.34. The lowest BCUT2D eigenvalue weighted by molar-refractivity contribution is -0.385. The molecule has 0 aliphatic rings. The first-order valence-corrected chi connectivity index (χ1v) is 5.04. The molecule has 0 aliphatic heterocycles. The minimum Gasteiger partial charge on any atom is -0.294 e. The van der Waals surface area contributed by atoms with Crippen molar-refractivity contribution in [3.63, 3.8) is 0 Å². The van der Waals surface area contributed by atoms with Crippen LogP contribution in [-0.2, 0) is 6.18 Å². The summed E-state index contributed by atoms with van der Waals surface area (Å²) in [7, 11) is 0. The van der Waals surface area contributed by atoms with E-state index in [4.69, 9.17) is 0 Å². The number of ketones is 1. The summed E-state index contributed by atoms with van der Waals surface area (Å²) in [6.45, 7) is 3.04. The summed E-state index contributed by atoms with van der Waals surface area (Å²) in [6, 6.07) is 1.90. The molecule has 18 heavy (non-hydrogen) atoms. The number of halogens is 3. The van der Waals surface area contributed by atoms with Crippen molar-refractivity contribution in [2.24, 2.45) is 5.92 Å². The van der Waals surface area contributed by atoms with E-state index in [9.17, 15) is 28.1 Å². The molecule has 0 N–H and O–H groups in total. The Labute approximate surface area is 101 Å². The highest BCUT2D eigenvalue weighted by Crippen LogP contribution is 2.33. The van der Waals surface area contributed by atoms with E-state index in [0.29, 0.717) is 12.1 Å². The van der Waals surface area contributed by atoms with E-state index in [1.807, 2.05) is 0 Å². The van der Waals surface area contributed by atoms with Crippen molar-refractivity contribution in [2.45, 2.75) is 20.0 Å². The van der Waals surface area contributed by atoms with Gasteiger partial charge in [-0.2, -0.15) is 13.2 Å². The summed E-state index contributed by atoms with van der Waals surface area (Å²) in [5, 5.41) is 10.7. The number of alkyl halides is 3. The van der Waals surface area contributed by atoms with Gasteiger partial charge in [-0.1, -0.05) is 13.8 Å². The molecule has 0 spiro atoms. The van der Waals surface area contributed by atoms with Gasteiger partial charge in [0.2, 0.25) is 0 Å². The summed E-state index contributed by atoms with van der Waals surface area (Å²) in [5.74, 6) is -1.09. The van der Waals surface area contributed by atoms with Crippen LogP contribution in [0.3, 0.4) is 0 Å². The zero-order valence-electron chi connectivity index (χ0n) is 9.62. The van der Waals surface area contributed by atoms with E-state index in [1.54, 1.807) is 0 Å². The molecule has 0 aromatic heterocycles. The summed E-state index contributed by atoms with van der Waals surface area (Å²) >= 11 is 0. The molecule has 7 heteroatoms. The molecule has 4 nitrogen and oxygen atoms in total. The van der Waals surface area contributed by atoms with Crippen LogP contribution >= 0.6 is 0 Å². The van der Waals surface area contributed by atoms with Gasteiger partial charge in [0.25, 0.3) is 5.69 Å². The molecule has 0 unspecified atom stereocenters. The van der Waals surface area contributed by atoms with Gasteiger partial charge < -0.3 is 0 Å². The number of hydrogen-bond acceptors (Lipinski definition) is 3. The van der Waals surface area contributed by atoms with E-state index in [1.165, 1.54) is 13.8 Å². The number of nitro groups is 1. The molecule has 1 aromatic carbocycles. The van der Waals surface area contributed by atoms with Gasteiger partial charge in [-0.05, 0) is 12.1 Å². The van der Waals surface area contributed by atoms with Gasteiger partial charge in [0.1, 0.15) is 0 Å². The molecule has 0 saturated carbocycles. The Bertz CT molecular complexity index is 495. The minimum absolute atomic E-state index is 0.303. The summed E-state index contributed by atoms with van der Waals surface area (Å²) in [4.78, 5) is 21.4. The molecule has 0 amide bonds. The molecule has 98 valence electrons. The number of hydrogen-bond donors (Lipinski definition) is 0. The highest BCUT2D eigenvalue weighted by atomic mass is 19.4. The van der Waals surface area contributed by atoms with Gasteiger partial charge in [-0.15, -0.1) is 0 Å². The van der Waals surface area contributed by atoms with Crippen molar-refractivity contribution in [2.75, 3.05) is 0 Å². The zero-order valence-corrected chi connectivity index (χ0v) is 9.62. The molecule has 0 bridgehead atoms. The third-order valence-electron chi connectivity index (χ3n) is 2.31. The number of carbonyl (C=O) groups is 1. The number of benzene rings is 1. The molecule has 0 atom stereocenters. The Balaban J connectivity index is 3.39. The Morgan fingerprint density at radius 1 is 1.33 bits per heavy atom. The van der Waals surface area contributed by atoms with Gasteiger partial charge in [0.15, 0.2) is 5.78 Å². The maximum Gasteiger partial charge on any atom is 0.416 e. The number of nitrogens with zero attached hydrogens (tertiary/aromatic N) is 1. The fourth-order valence-corrected chi connectivity index (χ4v) is 1.38. The SMILES string of the molecule is CC(C)C(=O)c1ccc(C(F)(F)F)cc1[N+](=O)[O-]. The maximum atomic E-state index is 12.4. The van der Waals surface area contributed by atoms with Crippen molar-refractivity contribution < 1.29 is 22.9 Å². The van der Waals surface area contributed by atoms with Crippen LogP contribution in [0.15, 0.2) is 18.2 Å². The molecule has 0 radical (unpaired) electrons. The quantitative estimate of drug-likeness (QED) is 0.475. The van der Waals surface area contributed by atoms with Crippen LogP contribution in [0.5, 0.6) is 0 Å². The molecule has 1 aromatic rings. The average Bonchev–Trinajstić information content (AvgIpc) is 2.25. The van der Waals surface area contributed by atoms with E-state index in [0.717, 1.165) is 6.07 Å². The molecule has 0 aliphatic carbocycles. The van der Waals surface area contributed by atoms with Gasteiger partial charge in [0.05, 0.1) is 16.1 Å². The van der Waals surface area contributed by atoms with E-state index < -0.39 is 34.1 Å². The van der Waals surface area contributed by atoms with Crippen molar-refractivity contribution in [1.29, 1.82) is 0 Å². The summed E-state index contributed by atoms with van der Waals surface area (Å²) < 4.78 is 37.2. The van der Waals surface area contributed by atoms with Crippen molar-refractivity contribution in [3.05, 3.63) is 39.4 Å². The fraction of sp³-hybridized carbons (Fsp3) is 0.364. The lowest BCUT2D eigenvalue weighted by Gasteiger charge is -2.09. The van der Waals surface area contributed by atoms with Crippen LogP contribution in [0.4, 0.5) is 18.9 Å². The predicted molar refractivity (Wildman–Crippen MR) is 57.3 cm³/mol.